The Hall–Kier alpha value is -0.560. The largest absolute Gasteiger partial charge is 0.343 e. The number of rotatable bonds is 5. The van der Waals surface area contributed by atoms with Crippen molar-refractivity contribution in [2.45, 2.75) is 58.3 Å². The number of unbranched alkanes of at least 4 members (excludes halogenated alkanes) is 2. The van der Waals surface area contributed by atoms with Gasteiger partial charge in [0.15, 0.2) is 5.79 Å². The van der Waals surface area contributed by atoms with Gasteiger partial charge >= 0.3 is 0 Å². The molecule has 1 aliphatic rings. The third kappa shape index (κ3) is 3.20. The smallest absolute Gasteiger partial charge is 0.195 e. The van der Waals surface area contributed by atoms with E-state index in [4.69, 9.17) is 9.47 Å². The lowest BCUT2D eigenvalue weighted by molar-refractivity contribution is -0.122. The van der Waals surface area contributed by atoms with Crippen LogP contribution in [0.4, 0.5) is 0 Å². The Balaban J connectivity index is 2.55. The molecule has 1 heterocycles. The number of ether oxygens (including phenoxy) is 2. The van der Waals surface area contributed by atoms with Gasteiger partial charge < -0.3 is 9.47 Å². The minimum absolute atomic E-state index is 0.171. The van der Waals surface area contributed by atoms with Crippen molar-refractivity contribution in [1.82, 2.24) is 0 Å². The van der Waals surface area contributed by atoms with E-state index in [0.29, 0.717) is 6.61 Å². The zero-order chi connectivity index (χ0) is 11.3. The van der Waals surface area contributed by atoms with Gasteiger partial charge in [-0.25, -0.2) is 0 Å². The molecule has 0 saturated carbocycles. The maximum Gasteiger partial charge on any atom is 0.195 e. The molecule has 0 amide bonds. The molecule has 2 atom stereocenters. The topological polar surface area (TPSA) is 18.5 Å². The summed E-state index contributed by atoms with van der Waals surface area (Å²) in [5.41, 5.74) is 4.04. The summed E-state index contributed by atoms with van der Waals surface area (Å²) in [6.45, 7) is 10.6. The van der Waals surface area contributed by atoms with E-state index in [-0.39, 0.29) is 6.10 Å². The van der Waals surface area contributed by atoms with Gasteiger partial charge in [-0.15, -0.1) is 5.73 Å². The van der Waals surface area contributed by atoms with E-state index in [9.17, 15) is 0 Å². The van der Waals surface area contributed by atoms with E-state index in [1.165, 1.54) is 12.8 Å². The summed E-state index contributed by atoms with van der Waals surface area (Å²) in [6, 6.07) is 0. The summed E-state index contributed by atoms with van der Waals surface area (Å²) >= 11 is 0. The molecule has 1 rings (SSSR count). The van der Waals surface area contributed by atoms with Crippen LogP contribution in [-0.4, -0.2) is 18.5 Å². The second-order valence-corrected chi connectivity index (χ2v) is 4.30. The fourth-order valence-corrected chi connectivity index (χ4v) is 1.91. The molecule has 0 bridgehead atoms. The first kappa shape index (κ1) is 12.5. The molecule has 0 N–H and O–H groups in total. The van der Waals surface area contributed by atoms with E-state index >= 15 is 0 Å². The van der Waals surface area contributed by atoms with Crippen molar-refractivity contribution < 1.29 is 9.47 Å². The Morgan fingerprint density at radius 3 is 2.73 bits per heavy atom. The van der Waals surface area contributed by atoms with Crippen molar-refractivity contribution in [3.63, 3.8) is 0 Å². The molecular formula is C13H22O2. The molecule has 15 heavy (non-hydrogen) atoms. The highest BCUT2D eigenvalue weighted by Crippen LogP contribution is 2.32. The molecular weight excluding hydrogens is 188 g/mol. The Morgan fingerprint density at radius 1 is 1.53 bits per heavy atom. The molecule has 0 aromatic heterocycles. The van der Waals surface area contributed by atoms with Gasteiger partial charge in [0.25, 0.3) is 0 Å². The van der Waals surface area contributed by atoms with Gasteiger partial charge in [-0.05, 0) is 26.7 Å². The van der Waals surface area contributed by atoms with Gasteiger partial charge in [0.1, 0.15) is 0 Å². The average molecular weight is 210 g/mol. The highest BCUT2D eigenvalue weighted by molar-refractivity contribution is 5.11. The minimum Gasteiger partial charge on any atom is -0.343 e. The van der Waals surface area contributed by atoms with E-state index in [1.54, 1.807) is 0 Å². The van der Waals surface area contributed by atoms with Gasteiger partial charge in [-0.3, -0.25) is 0 Å². The Bertz CT molecular complexity index is 253. The van der Waals surface area contributed by atoms with Crippen molar-refractivity contribution >= 4 is 0 Å². The Labute approximate surface area is 93.0 Å². The standard InChI is InChI=1S/C13H22O2/c1-5-7-8-9-12(6-2)13(4)14-10-11(3)15-13/h11H,2,5,7-10H2,1,3-4H3. The van der Waals surface area contributed by atoms with Gasteiger partial charge in [0, 0.05) is 5.57 Å². The van der Waals surface area contributed by atoms with Crippen molar-refractivity contribution in [3.8, 4) is 0 Å². The lowest BCUT2D eigenvalue weighted by Gasteiger charge is -2.24. The van der Waals surface area contributed by atoms with Crippen molar-refractivity contribution in [2.75, 3.05) is 6.61 Å². The molecule has 1 fully saturated rings. The number of hydrogen-bond donors (Lipinski definition) is 0. The summed E-state index contributed by atoms with van der Waals surface area (Å²) in [5.74, 6) is -0.574. The molecule has 86 valence electrons. The van der Waals surface area contributed by atoms with Crippen LogP contribution in [0.3, 0.4) is 0 Å². The third-order valence-corrected chi connectivity index (χ3v) is 2.81. The average Bonchev–Trinajstić information content (AvgIpc) is 2.54. The van der Waals surface area contributed by atoms with Crippen LogP contribution >= 0.6 is 0 Å². The Kier molecular flexibility index (Phi) is 4.59. The van der Waals surface area contributed by atoms with E-state index in [2.05, 4.69) is 19.2 Å². The van der Waals surface area contributed by atoms with E-state index in [0.717, 1.165) is 18.4 Å². The van der Waals surface area contributed by atoms with Gasteiger partial charge in [0.2, 0.25) is 0 Å². The van der Waals surface area contributed by atoms with E-state index in [1.807, 2.05) is 13.8 Å². The van der Waals surface area contributed by atoms with Crippen LogP contribution < -0.4 is 0 Å². The first-order chi connectivity index (χ1) is 7.12. The third-order valence-electron chi connectivity index (χ3n) is 2.81. The molecule has 1 aliphatic heterocycles. The van der Waals surface area contributed by atoms with Crippen molar-refractivity contribution in [2.24, 2.45) is 0 Å². The predicted molar refractivity (Wildman–Crippen MR) is 61.7 cm³/mol. The molecule has 0 aromatic rings. The predicted octanol–water partition coefficient (Wildman–Crippen LogP) is 3.43. The monoisotopic (exact) mass is 210 g/mol. The SMILES string of the molecule is C=C=C(CCCCC)C1(C)OCC(C)O1. The molecule has 0 radical (unpaired) electrons. The fourth-order valence-electron chi connectivity index (χ4n) is 1.91. The summed E-state index contributed by atoms with van der Waals surface area (Å²) in [7, 11) is 0. The first-order valence-electron chi connectivity index (χ1n) is 5.83. The van der Waals surface area contributed by atoms with Crippen LogP contribution in [0.25, 0.3) is 0 Å². The summed E-state index contributed by atoms with van der Waals surface area (Å²) in [5, 5.41) is 0. The molecule has 2 nitrogen and oxygen atoms in total. The summed E-state index contributed by atoms with van der Waals surface area (Å²) in [6.07, 6.45) is 4.76. The quantitative estimate of drug-likeness (QED) is 0.511. The van der Waals surface area contributed by atoms with Gasteiger partial charge in [-0.1, -0.05) is 26.3 Å². The fraction of sp³-hybridized carbons (Fsp3) is 0.769. The minimum atomic E-state index is -0.574. The zero-order valence-corrected chi connectivity index (χ0v) is 10.1. The van der Waals surface area contributed by atoms with Crippen molar-refractivity contribution in [1.29, 1.82) is 0 Å². The summed E-state index contributed by atoms with van der Waals surface area (Å²) < 4.78 is 11.4. The normalized spacial score (nSPS) is 30.2. The van der Waals surface area contributed by atoms with Crippen LogP contribution in [0, 0.1) is 0 Å². The lowest BCUT2D eigenvalue weighted by atomic mass is 10.0. The maximum absolute atomic E-state index is 5.77. The lowest BCUT2D eigenvalue weighted by Crippen LogP contribution is -2.28. The highest BCUT2D eigenvalue weighted by atomic mass is 16.7. The van der Waals surface area contributed by atoms with Crippen molar-refractivity contribution in [3.05, 3.63) is 17.9 Å². The first-order valence-corrected chi connectivity index (χ1v) is 5.83. The molecule has 1 saturated heterocycles. The maximum atomic E-state index is 5.77. The van der Waals surface area contributed by atoms with Gasteiger partial charge in [-0.2, -0.15) is 0 Å². The molecule has 2 heteroatoms. The second-order valence-electron chi connectivity index (χ2n) is 4.30. The highest BCUT2D eigenvalue weighted by Gasteiger charge is 2.38. The second kappa shape index (κ2) is 5.50. The molecule has 0 aliphatic carbocycles. The number of hydrogen-bond acceptors (Lipinski definition) is 2. The van der Waals surface area contributed by atoms with Crippen LogP contribution in [0.1, 0.15) is 46.5 Å². The summed E-state index contributed by atoms with van der Waals surface area (Å²) in [4.78, 5) is 0. The van der Waals surface area contributed by atoms with Crippen LogP contribution in [0.2, 0.25) is 0 Å². The zero-order valence-electron chi connectivity index (χ0n) is 10.1. The van der Waals surface area contributed by atoms with E-state index < -0.39 is 5.79 Å². The van der Waals surface area contributed by atoms with Gasteiger partial charge in [0.05, 0.1) is 12.7 Å². The molecule has 0 aromatic carbocycles. The van der Waals surface area contributed by atoms with Crippen LogP contribution in [0.15, 0.2) is 17.9 Å². The molecule has 2 unspecified atom stereocenters. The van der Waals surface area contributed by atoms with Crippen LogP contribution in [0.5, 0.6) is 0 Å². The van der Waals surface area contributed by atoms with Crippen LogP contribution in [-0.2, 0) is 9.47 Å². The Morgan fingerprint density at radius 2 is 2.27 bits per heavy atom. The molecule has 0 spiro atoms.